The molecular weight excluding hydrogens is 336 g/mol. The predicted octanol–water partition coefficient (Wildman–Crippen LogP) is 2.18. The van der Waals surface area contributed by atoms with Crippen LogP contribution in [0.1, 0.15) is 41.0 Å². The molecule has 1 amide bonds. The third kappa shape index (κ3) is 5.29. The van der Waals surface area contributed by atoms with E-state index in [0.717, 1.165) is 13.1 Å². The van der Waals surface area contributed by atoms with Crippen molar-refractivity contribution in [2.45, 2.75) is 20.3 Å². The highest BCUT2D eigenvalue weighted by molar-refractivity contribution is 5.99. The summed E-state index contributed by atoms with van der Waals surface area (Å²) >= 11 is 0. The van der Waals surface area contributed by atoms with E-state index in [2.05, 4.69) is 24.1 Å². The van der Waals surface area contributed by atoms with Gasteiger partial charge in [0, 0.05) is 18.8 Å². The van der Waals surface area contributed by atoms with Gasteiger partial charge in [0.25, 0.3) is 0 Å². The molecule has 0 aliphatic carbocycles. The van der Waals surface area contributed by atoms with Crippen molar-refractivity contribution in [3.8, 4) is 0 Å². The maximum Gasteiger partial charge on any atom is 0.337 e. The van der Waals surface area contributed by atoms with E-state index in [1.807, 2.05) is 0 Å². The number of methoxy groups -OCH3 is 2. The number of benzene rings is 1. The SMILES string of the molecule is COC(=O)c1cc(NC(=O)CN2C[C@H](C)C[C@H](C)C2)cc(C(=O)OC)c1. The first kappa shape index (κ1) is 19.9. The van der Waals surface area contributed by atoms with Gasteiger partial charge in [0.15, 0.2) is 0 Å². The zero-order chi connectivity index (χ0) is 19.3. The van der Waals surface area contributed by atoms with Crippen LogP contribution in [0.4, 0.5) is 5.69 Å². The summed E-state index contributed by atoms with van der Waals surface area (Å²) in [7, 11) is 2.51. The molecule has 1 aromatic carbocycles. The summed E-state index contributed by atoms with van der Waals surface area (Å²) in [6.07, 6.45) is 1.17. The van der Waals surface area contributed by atoms with Gasteiger partial charge < -0.3 is 14.8 Å². The number of esters is 2. The maximum atomic E-state index is 12.4. The quantitative estimate of drug-likeness (QED) is 0.808. The molecule has 1 N–H and O–H groups in total. The van der Waals surface area contributed by atoms with E-state index in [0.29, 0.717) is 17.5 Å². The topological polar surface area (TPSA) is 84.9 Å². The van der Waals surface area contributed by atoms with Crippen LogP contribution >= 0.6 is 0 Å². The molecule has 2 rings (SSSR count). The molecular formula is C19H26N2O5. The molecule has 142 valence electrons. The van der Waals surface area contributed by atoms with Gasteiger partial charge in [-0.15, -0.1) is 0 Å². The molecule has 1 aliphatic heterocycles. The molecule has 0 saturated carbocycles. The van der Waals surface area contributed by atoms with Crippen molar-refractivity contribution < 1.29 is 23.9 Å². The lowest BCUT2D eigenvalue weighted by atomic mass is 9.92. The van der Waals surface area contributed by atoms with E-state index in [-0.39, 0.29) is 23.6 Å². The van der Waals surface area contributed by atoms with Crippen molar-refractivity contribution >= 4 is 23.5 Å². The summed E-state index contributed by atoms with van der Waals surface area (Å²) in [6, 6.07) is 4.34. The minimum atomic E-state index is -0.593. The Labute approximate surface area is 153 Å². The number of anilines is 1. The van der Waals surface area contributed by atoms with Gasteiger partial charge >= 0.3 is 11.9 Å². The normalized spacial score (nSPS) is 20.3. The minimum Gasteiger partial charge on any atom is -0.465 e. The van der Waals surface area contributed by atoms with Crippen molar-refractivity contribution in [1.29, 1.82) is 0 Å². The summed E-state index contributed by atoms with van der Waals surface area (Å²) in [5.74, 6) is -0.265. The first-order chi connectivity index (χ1) is 12.3. The molecule has 7 nitrogen and oxygen atoms in total. The Kier molecular flexibility index (Phi) is 6.74. The number of piperidine rings is 1. The van der Waals surface area contributed by atoms with Crippen LogP contribution in [0.3, 0.4) is 0 Å². The number of hydrogen-bond donors (Lipinski definition) is 1. The van der Waals surface area contributed by atoms with Gasteiger partial charge in [-0.05, 0) is 36.5 Å². The van der Waals surface area contributed by atoms with Crippen molar-refractivity contribution in [3.63, 3.8) is 0 Å². The third-order valence-corrected chi connectivity index (χ3v) is 4.37. The second-order valence-electron chi connectivity index (χ2n) is 6.97. The lowest BCUT2D eigenvalue weighted by Crippen LogP contribution is -2.42. The first-order valence-electron chi connectivity index (χ1n) is 8.66. The Bertz CT molecular complexity index is 644. The third-order valence-electron chi connectivity index (χ3n) is 4.37. The van der Waals surface area contributed by atoms with Gasteiger partial charge in [-0.25, -0.2) is 9.59 Å². The molecule has 2 atom stereocenters. The van der Waals surface area contributed by atoms with Crippen molar-refractivity contribution in [2.24, 2.45) is 11.8 Å². The van der Waals surface area contributed by atoms with Crippen LogP contribution in [-0.4, -0.2) is 56.6 Å². The van der Waals surface area contributed by atoms with E-state index in [4.69, 9.17) is 9.47 Å². The lowest BCUT2D eigenvalue weighted by Gasteiger charge is -2.34. The molecule has 1 saturated heterocycles. The standard InChI is InChI=1S/C19H26N2O5/c1-12-5-13(2)10-21(9-12)11-17(22)20-16-7-14(18(23)25-3)6-15(8-16)19(24)26-4/h6-8,12-13H,5,9-11H2,1-4H3,(H,20,22)/t12-,13+. The fourth-order valence-corrected chi connectivity index (χ4v) is 3.50. The zero-order valence-electron chi connectivity index (χ0n) is 15.7. The predicted molar refractivity (Wildman–Crippen MR) is 97.1 cm³/mol. The smallest absolute Gasteiger partial charge is 0.337 e. The number of ether oxygens (including phenoxy) is 2. The molecule has 0 unspecified atom stereocenters. The minimum absolute atomic E-state index is 0.172. The van der Waals surface area contributed by atoms with Gasteiger partial charge in [-0.2, -0.15) is 0 Å². The fraction of sp³-hybridized carbons (Fsp3) is 0.526. The molecule has 1 fully saturated rings. The summed E-state index contributed by atoms with van der Waals surface area (Å²) in [4.78, 5) is 38.2. The zero-order valence-corrected chi connectivity index (χ0v) is 15.7. The molecule has 0 bridgehead atoms. The largest absolute Gasteiger partial charge is 0.465 e. The lowest BCUT2D eigenvalue weighted by molar-refractivity contribution is -0.117. The van der Waals surface area contributed by atoms with Gasteiger partial charge in [-0.1, -0.05) is 13.8 Å². The second kappa shape index (κ2) is 8.80. The van der Waals surface area contributed by atoms with E-state index in [1.54, 1.807) is 0 Å². The van der Waals surface area contributed by atoms with E-state index >= 15 is 0 Å². The highest BCUT2D eigenvalue weighted by Gasteiger charge is 2.23. The number of carbonyl (C=O) groups excluding carboxylic acids is 3. The number of carbonyl (C=O) groups is 3. The molecule has 0 spiro atoms. The average molecular weight is 362 g/mol. The Balaban J connectivity index is 2.12. The second-order valence-corrected chi connectivity index (χ2v) is 6.97. The molecule has 26 heavy (non-hydrogen) atoms. The summed E-state index contributed by atoms with van der Waals surface area (Å²) in [5.41, 5.74) is 0.702. The fourth-order valence-electron chi connectivity index (χ4n) is 3.50. The van der Waals surface area contributed by atoms with Crippen LogP contribution in [0.15, 0.2) is 18.2 Å². The highest BCUT2D eigenvalue weighted by atomic mass is 16.5. The van der Waals surface area contributed by atoms with Crippen LogP contribution in [0, 0.1) is 11.8 Å². The Morgan fingerprint density at radius 3 is 1.96 bits per heavy atom. The van der Waals surface area contributed by atoms with Gasteiger partial charge in [0.1, 0.15) is 0 Å². The summed E-state index contributed by atoms with van der Waals surface area (Å²) in [6.45, 7) is 6.40. The molecule has 7 heteroatoms. The summed E-state index contributed by atoms with van der Waals surface area (Å²) < 4.78 is 9.40. The molecule has 1 aromatic rings. The molecule has 1 heterocycles. The van der Waals surface area contributed by atoms with Crippen molar-refractivity contribution in [3.05, 3.63) is 29.3 Å². The monoisotopic (exact) mass is 362 g/mol. The van der Waals surface area contributed by atoms with E-state index < -0.39 is 11.9 Å². The number of amides is 1. The Morgan fingerprint density at radius 1 is 1.00 bits per heavy atom. The van der Waals surface area contributed by atoms with Gasteiger partial charge in [-0.3, -0.25) is 9.69 Å². The van der Waals surface area contributed by atoms with E-state index in [1.165, 1.54) is 38.8 Å². The summed E-state index contributed by atoms with van der Waals surface area (Å²) in [5, 5.41) is 2.76. The number of rotatable bonds is 5. The van der Waals surface area contributed by atoms with Gasteiger partial charge in [0.2, 0.25) is 5.91 Å². The van der Waals surface area contributed by atoms with Crippen LogP contribution in [-0.2, 0) is 14.3 Å². The van der Waals surface area contributed by atoms with Crippen LogP contribution < -0.4 is 5.32 Å². The first-order valence-corrected chi connectivity index (χ1v) is 8.66. The van der Waals surface area contributed by atoms with Crippen molar-refractivity contribution in [2.75, 3.05) is 39.2 Å². The van der Waals surface area contributed by atoms with Gasteiger partial charge in [0.05, 0.1) is 31.9 Å². The molecule has 0 radical (unpaired) electrons. The number of nitrogens with one attached hydrogen (secondary N) is 1. The maximum absolute atomic E-state index is 12.4. The van der Waals surface area contributed by atoms with Crippen LogP contribution in [0.5, 0.6) is 0 Å². The molecule has 0 aromatic heterocycles. The number of likely N-dealkylation sites (tertiary alicyclic amines) is 1. The number of hydrogen-bond acceptors (Lipinski definition) is 6. The average Bonchev–Trinajstić information content (AvgIpc) is 2.58. The van der Waals surface area contributed by atoms with E-state index in [9.17, 15) is 14.4 Å². The molecule has 1 aliphatic rings. The van der Waals surface area contributed by atoms with Crippen LogP contribution in [0.25, 0.3) is 0 Å². The van der Waals surface area contributed by atoms with Crippen LogP contribution in [0.2, 0.25) is 0 Å². The Hall–Kier alpha value is -2.41. The van der Waals surface area contributed by atoms with Crippen molar-refractivity contribution in [1.82, 2.24) is 4.90 Å². The highest BCUT2D eigenvalue weighted by Crippen LogP contribution is 2.21. The Morgan fingerprint density at radius 2 is 1.50 bits per heavy atom. The number of nitrogens with zero attached hydrogens (tertiary/aromatic N) is 1.